The molecule has 0 unspecified atom stereocenters. The third-order valence-electron chi connectivity index (χ3n) is 5.84. The Morgan fingerprint density at radius 2 is 1.91 bits per heavy atom. The van der Waals surface area contributed by atoms with Gasteiger partial charge in [-0.25, -0.2) is 4.98 Å². The van der Waals surface area contributed by atoms with Gasteiger partial charge >= 0.3 is 0 Å². The predicted octanol–water partition coefficient (Wildman–Crippen LogP) is 3.05. The van der Waals surface area contributed by atoms with Gasteiger partial charge in [-0.2, -0.15) is 0 Å². The molecule has 0 aliphatic carbocycles. The first-order valence-electron chi connectivity index (χ1n) is 10.5. The molecule has 176 valence electrons. The molecular weight excluding hydrogens is 448 g/mol. The molecule has 2 heterocycles. The summed E-state index contributed by atoms with van der Waals surface area (Å²) in [6.45, 7) is 9.67. The number of carbonyl (C=O) groups excluding carboxylic acids is 2. The molecule has 0 spiro atoms. The van der Waals surface area contributed by atoms with Crippen molar-refractivity contribution in [1.29, 1.82) is 0 Å². The molecule has 1 aromatic carbocycles. The first-order chi connectivity index (χ1) is 14.5. The zero-order chi connectivity index (χ0) is 22.9. The summed E-state index contributed by atoms with van der Waals surface area (Å²) in [4.78, 5) is 32.7. The number of hydrogen-bond donors (Lipinski definition) is 3. The second kappa shape index (κ2) is 10.3. The maximum Gasteiger partial charge on any atom is 0.243 e. The van der Waals surface area contributed by atoms with E-state index < -0.39 is 23.6 Å². The van der Waals surface area contributed by atoms with Crippen molar-refractivity contribution < 1.29 is 14.7 Å². The molecule has 4 atom stereocenters. The number of benzene rings is 1. The summed E-state index contributed by atoms with van der Waals surface area (Å²) in [5.74, 6) is -0.581. The van der Waals surface area contributed by atoms with Crippen molar-refractivity contribution >= 4 is 35.6 Å². The van der Waals surface area contributed by atoms with E-state index in [9.17, 15) is 14.7 Å². The molecule has 1 aromatic heterocycles. The second-order valence-electron chi connectivity index (χ2n) is 9.36. The summed E-state index contributed by atoms with van der Waals surface area (Å²) < 4.78 is 0. The molecule has 1 fully saturated rings. The minimum absolute atomic E-state index is 0. The molecule has 4 N–H and O–H groups in total. The van der Waals surface area contributed by atoms with Crippen LogP contribution in [-0.4, -0.2) is 51.5 Å². The van der Waals surface area contributed by atoms with Gasteiger partial charge in [0.25, 0.3) is 0 Å². The Morgan fingerprint density at radius 3 is 2.44 bits per heavy atom. The number of likely N-dealkylation sites (tertiary alicyclic amines) is 1. The van der Waals surface area contributed by atoms with Gasteiger partial charge in [-0.05, 0) is 30.4 Å². The third kappa shape index (κ3) is 5.67. The van der Waals surface area contributed by atoms with Crippen LogP contribution in [0.1, 0.15) is 51.4 Å². The third-order valence-corrected chi connectivity index (χ3v) is 6.82. The maximum absolute atomic E-state index is 13.0. The molecule has 2 aromatic rings. The van der Waals surface area contributed by atoms with Crippen LogP contribution in [-0.2, 0) is 9.59 Å². The summed E-state index contributed by atoms with van der Waals surface area (Å²) in [5.41, 5.74) is 10.6. The zero-order valence-electron chi connectivity index (χ0n) is 19.2. The van der Waals surface area contributed by atoms with Crippen LogP contribution in [0.5, 0.6) is 0 Å². The number of aromatic nitrogens is 1. The molecule has 1 aliphatic rings. The summed E-state index contributed by atoms with van der Waals surface area (Å²) in [5, 5.41) is 13.1. The zero-order valence-corrected chi connectivity index (χ0v) is 20.8. The van der Waals surface area contributed by atoms with Gasteiger partial charge in [-0.15, -0.1) is 23.7 Å². The summed E-state index contributed by atoms with van der Waals surface area (Å²) in [7, 11) is 0. The van der Waals surface area contributed by atoms with Crippen molar-refractivity contribution in [2.45, 2.75) is 65.3 Å². The number of nitrogens with two attached hydrogens (primary N) is 1. The van der Waals surface area contributed by atoms with E-state index in [2.05, 4.69) is 10.3 Å². The number of aliphatic hydroxyl groups excluding tert-OH is 1. The van der Waals surface area contributed by atoms with Crippen molar-refractivity contribution in [2.24, 2.45) is 11.1 Å². The molecule has 32 heavy (non-hydrogen) atoms. The highest BCUT2D eigenvalue weighted by Crippen LogP contribution is 2.29. The Balaban J connectivity index is 0.00000363. The van der Waals surface area contributed by atoms with Crippen molar-refractivity contribution in [3.05, 3.63) is 41.0 Å². The van der Waals surface area contributed by atoms with Crippen LogP contribution < -0.4 is 11.1 Å². The van der Waals surface area contributed by atoms with E-state index >= 15 is 0 Å². The van der Waals surface area contributed by atoms with Crippen LogP contribution in [0, 0.1) is 12.3 Å². The standard InChI is InChI=1S/C23H32N4O3S.ClH/c1-13(15-6-8-16(9-7-15)19-14(2)25-12-31-19)26-21(29)18-10-17(28)11-27(18)22(30)20(24)23(3,4)5;/h6-9,12-13,17-18,20,28H,10-11,24H2,1-5H3,(H,26,29);1H/t13-,17-,18-,20+;/m0./s1. The molecule has 3 rings (SSSR count). The van der Waals surface area contributed by atoms with Gasteiger partial charge in [0.2, 0.25) is 11.8 Å². The molecule has 7 nitrogen and oxygen atoms in total. The van der Waals surface area contributed by atoms with Gasteiger partial charge in [0, 0.05) is 13.0 Å². The van der Waals surface area contributed by atoms with Crippen LogP contribution >= 0.6 is 23.7 Å². The molecule has 0 saturated carbocycles. The highest BCUT2D eigenvalue weighted by atomic mass is 35.5. The lowest BCUT2D eigenvalue weighted by Gasteiger charge is -2.32. The lowest BCUT2D eigenvalue weighted by molar-refractivity contribution is -0.141. The van der Waals surface area contributed by atoms with Gasteiger partial charge in [-0.1, -0.05) is 45.0 Å². The van der Waals surface area contributed by atoms with E-state index in [0.29, 0.717) is 0 Å². The Morgan fingerprint density at radius 1 is 1.28 bits per heavy atom. The Labute approximate surface area is 199 Å². The van der Waals surface area contributed by atoms with Crippen molar-refractivity contribution in [3.63, 3.8) is 0 Å². The highest BCUT2D eigenvalue weighted by molar-refractivity contribution is 7.13. The molecule has 0 radical (unpaired) electrons. The van der Waals surface area contributed by atoms with Crippen molar-refractivity contribution in [1.82, 2.24) is 15.2 Å². The van der Waals surface area contributed by atoms with Gasteiger partial charge < -0.3 is 21.1 Å². The van der Waals surface area contributed by atoms with Crippen LogP contribution in [0.3, 0.4) is 0 Å². The fourth-order valence-electron chi connectivity index (χ4n) is 3.75. The second-order valence-corrected chi connectivity index (χ2v) is 10.2. The topological polar surface area (TPSA) is 109 Å². The summed E-state index contributed by atoms with van der Waals surface area (Å²) >= 11 is 1.60. The number of hydrogen-bond acceptors (Lipinski definition) is 6. The minimum atomic E-state index is -0.742. The van der Waals surface area contributed by atoms with E-state index in [-0.39, 0.29) is 43.2 Å². The van der Waals surface area contributed by atoms with Gasteiger partial charge in [0.05, 0.1) is 34.3 Å². The smallest absolute Gasteiger partial charge is 0.243 e. The SMILES string of the molecule is Cc1ncsc1-c1ccc([C@H](C)NC(=O)[C@@H]2C[C@H](O)CN2C(=O)[C@@H](N)C(C)(C)C)cc1.Cl. The van der Waals surface area contributed by atoms with Gasteiger partial charge in [0.15, 0.2) is 0 Å². The molecule has 2 amide bonds. The summed E-state index contributed by atoms with van der Waals surface area (Å²) in [6, 6.07) is 6.32. The number of carbonyl (C=O) groups is 2. The minimum Gasteiger partial charge on any atom is -0.391 e. The maximum atomic E-state index is 13.0. The summed E-state index contributed by atoms with van der Waals surface area (Å²) in [6.07, 6.45) is -0.519. The van der Waals surface area contributed by atoms with E-state index in [1.165, 1.54) is 4.90 Å². The number of β-amino-alcohol motifs (C(OH)–C–C–N with tert-alkyl or cyclic N) is 1. The van der Waals surface area contributed by atoms with E-state index in [4.69, 9.17) is 5.73 Å². The number of thiazole rings is 1. The average molecular weight is 481 g/mol. The Kier molecular flexibility index (Phi) is 8.44. The Bertz CT molecular complexity index is 941. The monoisotopic (exact) mass is 480 g/mol. The Hall–Kier alpha value is -2.00. The van der Waals surface area contributed by atoms with Crippen LogP contribution in [0.15, 0.2) is 29.8 Å². The van der Waals surface area contributed by atoms with E-state index in [1.807, 2.05) is 64.4 Å². The first-order valence-corrected chi connectivity index (χ1v) is 11.4. The molecule has 9 heteroatoms. The predicted molar refractivity (Wildman–Crippen MR) is 130 cm³/mol. The highest BCUT2D eigenvalue weighted by Gasteiger charge is 2.42. The fraction of sp³-hybridized carbons (Fsp3) is 0.522. The number of aryl methyl sites for hydroxylation is 1. The lowest BCUT2D eigenvalue weighted by atomic mass is 9.86. The normalized spacial score (nSPS) is 20.4. The molecule has 1 saturated heterocycles. The lowest BCUT2D eigenvalue weighted by Crippen LogP contribution is -2.55. The number of aliphatic hydroxyl groups is 1. The van der Waals surface area contributed by atoms with Crippen molar-refractivity contribution in [3.8, 4) is 10.4 Å². The largest absolute Gasteiger partial charge is 0.391 e. The quantitative estimate of drug-likeness (QED) is 0.609. The van der Waals surface area contributed by atoms with Crippen molar-refractivity contribution in [2.75, 3.05) is 6.54 Å². The number of nitrogens with zero attached hydrogens (tertiary/aromatic N) is 2. The molecule has 0 bridgehead atoms. The number of nitrogens with one attached hydrogen (secondary N) is 1. The average Bonchev–Trinajstić information content (AvgIpc) is 3.31. The van der Waals surface area contributed by atoms with Crippen LogP contribution in [0.25, 0.3) is 10.4 Å². The number of amides is 2. The van der Waals surface area contributed by atoms with Gasteiger partial charge in [0.1, 0.15) is 6.04 Å². The van der Waals surface area contributed by atoms with E-state index in [0.717, 1.165) is 21.7 Å². The van der Waals surface area contributed by atoms with Crippen LogP contribution in [0.4, 0.5) is 0 Å². The number of rotatable bonds is 5. The first kappa shape index (κ1) is 26.3. The fourth-order valence-corrected chi connectivity index (χ4v) is 4.56. The van der Waals surface area contributed by atoms with Crippen LogP contribution in [0.2, 0.25) is 0 Å². The van der Waals surface area contributed by atoms with Gasteiger partial charge in [-0.3, -0.25) is 9.59 Å². The molecule has 1 aliphatic heterocycles. The molecular formula is C23H33ClN4O3S. The van der Waals surface area contributed by atoms with E-state index in [1.54, 1.807) is 11.3 Å². The number of halogens is 1.